The van der Waals surface area contributed by atoms with Crippen molar-refractivity contribution in [2.75, 3.05) is 26.9 Å². The van der Waals surface area contributed by atoms with Crippen LogP contribution >= 0.6 is 39.9 Å². The van der Waals surface area contributed by atoms with Crippen LogP contribution in [0.2, 0.25) is 0 Å². The smallest absolute Gasteiger partial charge is 0.191 e. The average molecular weight is 512 g/mol. The number of halogens is 2. The van der Waals surface area contributed by atoms with Crippen molar-refractivity contribution in [1.82, 2.24) is 10.6 Å². The number of aliphatic imine (C=N–C) groups is 1. The molecule has 1 aromatic carbocycles. The molecule has 0 amide bonds. The Morgan fingerprint density at radius 2 is 2.29 bits per heavy atom. The van der Waals surface area contributed by atoms with Gasteiger partial charge in [-0.1, -0.05) is 22.0 Å². The zero-order chi connectivity index (χ0) is 16.7. The van der Waals surface area contributed by atoms with Gasteiger partial charge in [0.25, 0.3) is 0 Å². The minimum Gasteiger partial charge on any atom is -0.379 e. The summed E-state index contributed by atoms with van der Waals surface area (Å²) in [5, 5.41) is 6.70. The highest BCUT2D eigenvalue weighted by atomic mass is 127. The number of hydrogen-bond donors (Lipinski definition) is 2. The van der Waals surface area contributed by atoms with Crippen LogP contribution in [-0.2, 0) is 16.0 Å². The molecule has 2 unspecified atom stereocenters. The first-order valence-corrected chi connectivity index (χ1v) is 8.79. The Morgan fingerprint density at radius 1 is 1.50 bits per heavy atom. The minimum atomic E-state index is 0. The summed E-state index contributed by atoms with van der Waals surface area (Å²) in [6.07, 6.45) is 1.22. The van der Waals surface area contributed by atoms with Crippen molar-refractivity contribution in [2.24, 2.45) is 4.99 Å². The number of aryl methyl sites for hydroxylation is 1. The fraction of sp³-hybridized carbons (Fsp3) is 0.588. The van der Waals surface area contributed by atoms with Gasteiger partial charge in [0.2, 0.25) is 0 Å². The van der Waals surface area contributed by atoms with Crippen molar-refractivity contribution in [3.05, 3.63) is 33.8 Å². The molecule has 1 aliphatic heterocycles. The lowest BCUT2D eigenvalue weighted by Gasteiger charge is -2.20. The van der Waals surface area contributed by atoms with Gasteiger partial charge in [-0.2, -0.15) is 0 Å². The number of guanidine groups is 1. The van der Waals surface area contributed by atoms with E-state index in [0.717, 1.165) is 30.0 Å². The lowest BCUT2D eigenvalue weighted by Crippen LogP contribution is -2.44. The second-order valence-electron chi connectivity index (χ2n) is 5.86. The van der Waals surface area contributed by atoms with Crippen LogP contribution in [0.5, 0.6) is 0 Å². The molecule has 7 heteroatoms. The largest absolute Gasteiger partial charge is 0.379 e. The van der Waals surface area contributed by atoms with Gasteiger partial charge in [-0.3, -0.25) is 4.99 Å². The predicted octanol–water partition coefficient (Wildman–Crippen LogP) is 3.23. The van der Waals surface area contributed by atoms with E-state index in [1.807, 2.05) is 0 Å². The molecule has 0 aliphatic carbocycles. The molecule has 1 saturated heterocycles. The minimum absolute atomic E-state index is 0. The quantitative estimate of drug-likeness (QED) is 0.350. The standard InChI is InChI=1S/C17H26BrN3O2.HI/c1-12-8-15(18)5-4-14(12)9-20-17(19-3)21-13(2)10-23-16-6-7-22-11-16;/h4-5,8,13,16H,6-7,9-11H2,1-3H3,(H2,19,20,21);1H. The van der Waals surface area contributed by atoms with Gasteiger partial charge in [0.15, 0.2) is 5.96 Å². The summed E-state index contributed by atoms with van der Waals surface area (Å²) in [4.78, 5) is 4.27. The maximum absolute atomic E-state index is 5.83. The molecule has 0 bridgehead atoms. The summed E-state index contributed by atoms with van der Waals surface area (Å²) >= 11 is 3.49. The molecule has 1 heterocycles. The van der Waals surface area contributed by atoms with Gasteiger partial charge in [-0.05, 0) is 43.5 Å². The van der Waals surface area contributed by atoms with Crippen LogP contribution in [0.25, 0.3) is 0 Å². The van der Waals surface area contributed by atoms with E-state index in [0.29, 0.717) is 13.2 Å². The van der Waals surface area contributed by atoms with E-state index in [9.17, 15) is 0 Å². The van der Waals surface area contributed by atoms with Crippen molar-refractivity contribution in [2.45, 2.75) is 39.0 Å². The zero-order valence-corrected chi connectivity index (χ0v) is 18.4. The molecular weight excluding hydrogens is 485 g/mol. The maximum atomic E-state index is 5.83. The van der Waals surface area contributed by atoms with Gasteiger partial charge in [0, 0.05) is 30.7 Å². The first-order chi connectivity index (χ1) is 11.1. The third-order valence-corrected chi connectivity index (χ3v) is 4.32. The van der Waals surface area contributed by atoms with Crippen LogP contribution in [0.4, 0.5) is 0 Å². The summed E-state index contributed by atoms with van der Waals surface area (Å²) in [6, 6.07) is 6.48. The van der Waals surface area contributed by atoms with Gasteiger partial charge < -0.3 is 20.1 Å². The van der Waals surface area contributed by atoms with Gasteiger partial charge in [-0.25, -0.2) is 0 Å². The fourth-order valence-corrected chi connectivity index (χ4v) is 2.91. The van der Waals surface area contributed by atoms with Crippen LogP contribution in [0.1, 0.15) is 24.5 Å². The topological polar surface area (TPSA) is 54.9 Å². The normalized spacial score (nSPS) is 18.8. The summed E-state index contributed by atoms with van der Waals surface area (Å²) in [5.74, 6) is 0.783. The Morgan fingerprint density at radius 3 is 2.92 bits per heavy atom. The molecule has 1 aliphatic rings. The summed E-state index contributed by atoms with van der Waals surface area (Å²) in [6.45, 7) is 7.10. The molecule has 0 aromatic heterocycles. The fourth-order valence-electron chi connectivity index (χ4n) is 2.43. The van der Waals surface area contributed by atoms with Gasteiger partial charge in [0.05, 0.1) is 19.3 Å². The van der Waals surface area contributed by atoms with Crippen LogP contribution < -0.4 is 10.6 Å². The molecule has 136 valence electrons. The summed E-state index contributed by atoms with van der Waals surface area (Å²) < 4.78 is 12.2. The molecule has 0 spiro atoms. The average Bonchev–Trinajstić information content (AvgIpc) is 3.04. The first-order valence-electron chi connectivity index (χ1n) is 8.00. The highest BCUT2D eigenvalue weighted by Gasteiger charge is 2.17. The lowest BCUT2D eigenvalue weighted by atomic mass is 10.1. The Labute approximate surface area is 170 Å². The van der Waals surface area contributed by atoms with Crippen LogP contribution in [0, 0.1) is 6.92 Å². The molecule has 0 radical (unpaired) electrons. The van der Waals surface area contributed by atoms with Crippen LogP contribution in [-0.4, -0.2) is 45.0 Å². The zero-order valence-electron chi connectivity index (χ0n) is 14.5. The van der Waals surface area contributed by atoms with Crippen LogP contribution in [0.15, 0.2) is 27.7 Å². The molecule has 1 fully saturated rings. The van der Waals surface area contributed by atoms with Crippen molar-refractivity contribution in [3.63, 3.8) is 0 Å². The van der Waals surface area contributed by atoms with E-state index < -0.39 is 0 Å². The molecule has 24 heavy (non-hydrogen) atoms. The third-order valence-electron chi connectivity index (χ3n) is 3.83. The van der Waals surface area contributed by atoms with Crippen molar-refractivity contribution in [1.29, 1.82) is 0 Å². The molecule has 2 rings (SSSR count). The first kappa shape index (κ1) is 21.7. The third kappa shape index (κ3) is 7.25. The number of hydrogen-bond acceptors (Lipinski definition) is 3. The van der Waals surface area contributed by atoms with Gasteiger partial charge >= 0.3 is 0 Å². The molecule has 2 atom stereocenters. The van der Waals surface area contributed by atoms with E-state index >= 15 is 0 Å². The van der Waals surface area contributed by atoms with Crippen LogP contribution in [0.3, 0.4) is 0 Å². The SMILES string of the molecule is CN=C(NCc1ccc(Br)cc1C)NC(C)COC1CCOC1.I. The van der Waals surface area contributed by atoms with Crippen molar-refractivity contribution < 1.29 is 9.47 Å². The van der Waals surface area contributed by atoms with Gasteiger partial charge in [0.1, 0.15) is 0 Å². The maximum Gasteiger partial charge on any atom is 0.191 e. The molecule has 5 nitrogen and oxygen atoms in total. The number of nitrogens with zero attached hydrogens (tertiary/aromatic N) is 1. The Hall–Kier alpha value is -0.380. The highest BCUT2D eigenvalue weighted by Crippen LogP contribution is 2.15. The number of nitrogens with one attached hydrogen (secondary N) is 2. The molecular formula is C17H27BrIN3O2. The summed E-state index contributed by atoms with van der Waals surface area (Å²) in [5.41, 5.74) is 2.50. The van der Waals surface area contributed by atoms with E-state index in [1.165, 1.54) is 11.1 Å². The molecule has 2 N–H and O–H groups in total. The number of benzene rings is 1. The monoisotopic (exact) mass is 511 g/mol. The second kappa shape index (κ2) is 11.3. The molecule has 0 saturated carbocycles. The Kier molecular flexibility index (Phi) is 10.2. The van der Waals surface area contributed by atoms with E-state index in [-0.39, 0.29) is 36.1 Å². The van der Waals surface area contributed by atoms with Gasteiger partial charge in [-0.15, -0.1) is 24.0 Å². The Bertz CT molecular complexity index is 537. The number of ether oxygens (including phenoxy) is 2. The Balaban J connectivity index is 0.00000288. The van der Waals surface area contributed by atoms with E-state index in [1.54, 1.807) is 7.05 Å². The lowest BCUT2D eigenvalue weighted by molar-refractivity contribution is 0.0347. The number of rotatable bonds is 6. The predicted molar refractivity (Wildman–Crippen MR) is 112 cm³/mol. The second-order valence-corrected chi connectivity index (χ2v) is 6.78. The highest BCUT2D eigenvalue weighted by molar-refractivity contribution is 14.0. The molecule has 1 aromatic rings. The van der Waals surface area contributed by atoms with E-state index in [2.05, 4.69) is 63.6 Å². The van der Waals surface area contributed by atoms with Crippen molar-refractivity contribution in [3.8, 4) is 0 Å². The van der Waals surface area contributed by atoms with Crippen molar-refractivity contribution >= 4 is 45.9 Å². The van der Waals surface area contributed by atoms with E-state index in [4.69, 9.17) is 9.47 Å². The summed E-state index contributed by atoms with van der Waals surface area (Å²) in [7, 11) is 1.78.